The van der Waals surface area contributed by atoms with E-state index in [-0.39, 0.29) is 4.90 Å². The lowest BCUT2D eigenvalue weighted by Gasteiger charge is -2.34. The largest absolute Gasteiger partial charge is 0.369 e. The molecule has 33 heavy (non-hydrogen) atoms. The van der Waals surface area contributed by atoms with Gasteiger partial charge in [0.2, 0.25) is 0 Å². The lowest BCUT2D eigenvalue weighted by Crippen LogP contribution is -2.44. The van der Waals surface area contributed by atoms with Crippen LogP contribution in [0, 0.1) is 0 Å². The molecular weight excluding hydrogens is 434 g/mol. The molecule has 0 amide bonds. The zero-order chi connectivity index (χ0) is 23.0. The van der Waals surface area contributed by atoms with Crippen molar-refractivity contribution in [1.29, 1.82) is 0 Å². The van der Waals surface area contributed by atoms with Crippen molar-refractivity contribution in [2.75, 3.05) is 42.8 Å². The van der Waals surface area contributed by atoms with Crippen LogP contribution in [0.1, 0.15) is 0 Å². The van der Waals surface area contributed by atoms with Gasteiger partial charge < -0.3 is 14.4 Å². The van der Waals surface area contributed by atoms with Gasteiger partial charge in [-0.1, -0.05) is 30.3 Å². The molecule has 2 aromatic carbocycles. The number of nitrogens with zero attached hydrogens (tertiary/aromatic N) is 4. The molecule has 0 spiro atoms. The summed E-state index contributed by atoms with van der Waals surface area (Å²) in [4.78, 5) is 9.47. The molecule has 7 nitrogen and oxygen atoms in total. The standard InChI is InChI=1S/C25H27N5O2S/c1-28-14-16-30(17-15-28)20-10-8-19(9-11-20)22-18-29(2)25-24(22)23(12-13-26-25)27-33(31,32)21-6-4-3-5-7-21/h3-13,18H,14-17H2,1-2H3,(H,26,27). The van der Waals surface area contributed by atoms with E-state index in [9.17, 15) is 8.42 Å². The van der Waals surface area contributed by atoms with Crippen molar-refractivity contribution in [2.24, 2.45) is 7.05 Å². The Hall–Kier alpha value is -3.36. The number of hydrogen-bond donors (Lipinski definition) is 1. The summed E-state index contributed by atoms with van der Waals surface area (Å²) in [6.07, 6.45) is 3.63. The fourth-order valence-electron chi connectivity index (χ4n) is 4.33. The van der Waals surface area contributed by atoms with Crippen molar-refractivity contribution in [3.05, 3.63) is 73.1 Å². The maximum Gasteiger partial charge on any atom is 0.261 e. The summed E-state index contributed by atoms with van der Waals surface area (Å²) in [5, 5.41) is 0.784. The van der Waals surface area contributed by atoms with Crippen LogP contribution < -0.4 is 9.62 Å². The van der Waals surface area contributed by atoms with Crippen molar-refractivity contribution in [1.82, 2.24) is 14.5 Å². The van der Waals surface area contributed by atoms with Crippen molar-refractivity contribution < 1.29 is 8.42 Å². The van der Waals surface area contributed by atoms with Crippen LogP contribution >= 0.6 is 0 Å². The minimum Gasteiger partial charge on any atom is -0.369 e. The molecule has 1 saturated heterocycles. The van der Waals surface area contributed by atoms with Crippen LogP contribution in [0.3, 0.4) is 0 Å². The highest BCUT2D eigenvalue weighted by Gasteiger charge is 2.20. The molecule has 5 rings (SSSR count). The minimum absolute atomic E-state index is 0.226. The summed E-state index contributed by atoms with van der Waals surface area (Å²) >= 11 is 0. The maximum atomic E-state index is 13.0. The summed E-state index contributed by atoms with van der Waals surface area (Å²) in [5.74, 6) is 0. The first kappa shape index (κ1) is 21.5. The summed E-state index contributed by atoms with van der Waals surface area (Å²) in [7, 11) is 0.357. The number of aromatic nitrogens is 2. The Kier molecular flexibility index (Phi) is 5.55. The van der Waals surface area contributed by atoms with Crippen LogP contribution in [0.2, 0.25) is 0 Å². The number of anilines is 2. The van der Waals surface area contributed by atoms with Crippen LogP contribution in [0.25, 0.3) is 22.2 Å². The first-order valence-electron chi connectivity index (χ1n) is 11.0. The van der Waals surface area contributed by atoms with Gasteiger partial charge in [-0.05, 0) is 42.9 Å². The number of piperazine rings is 1. The molecule has 8 heteroatoms. The highest BCUT2D eigenvalue weighted by atomic mass is 32.2. The molecule has 170 valence electrons. The number of hydrogen-bond acceptors (Lipinski definition) is 5. The molecule has 0 radical (unpaired) electrons. The number of nitrogens with one attached hydrogen (secondary N) is 1. The van der Waals surface area contributed by atoms with E-state index in [4.69, 9.17) is 0 Å². The molecule has 0 aliphatic carbocycles. The first-order chi connectivity index (χ1) is 15.9. The van der Waals surface area contributed by atoms with Gasteiger partial charge in [-0.3, -0.25) is 4.72 Å². The third-order valence-corrected chi connectivity index (χ3v) is 7.58. The molecule has 1 aliphatic heterocycles. The van der Waals surface area contributed by atoms with E-state index >= 15 is 0 Å². The Morgan fingerprint density at radius 3 is 2.27 bits per heavy atom. The normalized spacial score (nSPS) is 15.2. The Balaban J connectivity index is 1.52. The second kappa shape index (κ2) is 8.53. The maximum absolute atomic E-state index is 13.0. The number of fused-ring (bicyclic) bond motifs is 1. The Labute approximate surface area is 194 Å². The van der Waals surface area contributed by atoms with Gasteiger partial charge in [0.15, 0.2) is 0 Å². The van der Waals surface area contributed by atoms with Gasteiger partial charge in [-0.15, -0.1) is 0 Å². The summed E-state index contributed by atoms with van der Waals surface area (Å²) in [6.45, 7) is 4.14. The van der Waals surface area contributed by atoms with E-state index in [0.29, 0.717) is 5.69 Å². The third-order valence-electron chi connectivity index (χ3n) is 6.20. The molecule has 0 saturated carbocycles. The smallest absolute Gasteiger partial charge is 0.261 e. The molecule has 0 bridgehead atoms. The molecule has 1 aliphatic rings. The fourth-order valence-corrected chi connectivity index (χ4v) is 5.42. The third kappa shape index (κ3) is 4.19. The van der Waals surface area contributed by atoms with Crippen LogP contribution in [-0.2, 0) is 17.1 Å². The van der Waals surface area contributed by atoms with Crippen molar-refractivity contribution in [2.45, 2.75) is 4.90 Å². The van der Waals surface area contributed by atoms with Gasteiger partial charge in [0.05, 0.1) is 16.0 Å². The van der Waals surface area contributed by atoms with Gasteiger partial charge in [-0.25, -0.2) is 13.4 Å². The second-order valence-corrected chi connectivity index (χ2v) is 10.1. The quantitative estimate of drug-likeness (QED) is 0.490. The summed E-state index contributed by atoms with van der Waals surface area (Å²) in [6, 6.07) is 18.6. The zero-order valence-electron chi connectivity index (χ0n) is 18.8. The number of sulfonamides is 1. The van der Waals surface area contributed by atoms with E-state index in [0.717, 1.165) is 48.3 Å². The molecular formula is C25H27N5O2S. The predicted molar refractivity (Wildman–Crippen MR) is 133 cm³/mol. The fraction of sp³-hybridized carbons (Fsp3) is 0.240. The zero-order valence-corrected chi connectivity index (χ0v) is 19.6. The number of rotatable bonds is 5. The number of pyridine rings is 1. The molecule has 0 atom stereocenters. The molecule has 3 heterocycles. The van der Waals surface area contributed by atoms with E-state index in [2.05, 4.69) is 50.8 Å². The number of likely N-dealkylation sites (N-methyl/N-ethyl adjacent to an activating group) is 1. The van der Waals surface area contributed by atoms with Crippen LogP contribution in [0.5, 0.6) is 0 Å². The van der Waals surface area contributed by atoms with Crippen LogP contribution in [0.4, 0.5) is 11.4 Å². The van der Waals surface area contributed by atoms with Crippen molar-refractivity contribution in [3.63, 3.8) is 0 Å². The highest BCUT2D eigenvalue weighted by Crippen LogP contribution is 2.36. The molecule has 4 aromatic rings. The SMILES string of the molecule is CN1CCN(c2ccc(-c3cn(C)c4nccc(NS(=O)(=O)c5ccccc5)c34)cc2)CC1. The van der Waals surface area contributed by atoms with E-state index in [1.807, 2.05) is 17.8 Å². The van der Waals surface area contributed by atoms with Gasteiger partial charge >= 0.3 is 0 Å². The lowest BCUT2D eigenvalue weighted by atomic mass is 10.0. The van der Waals surface area contributed by atoms with Crippen LogP contribution in [0.15, 0.2) is 78.0 Å². The predicted octanol–water partition coefficient (Wildman–Crippen LogP) is 3.79. The molecule has 2 aromatic heterocycles. The van der Waals surface area contributed by atoms with Crippen molar-refractivity contribution in [3.8, 4) is 11.1 Å². The summed E-state index contributed by atoms with van der Waals surface area (Å²) in [5.41, 5.74) is 4.40. The number of benzene rings is 2. The molecule has 1 fully saturated rings. The second-order valence-electron chi connectivity index (χ2n) is 8.47. The average Bonchev–Trinajstić information content (AvgIpc) is 3.18. The highest BCUT2D eigenvalue weighted by molar-refractivity contribution is 7.92. The van der Waals surface area contributed by atoms with E-state index < -0.39 is 10.0 Å². The van der Waals surface area contributed by atoms with E-state index in [1.165, 1.54) is 5.69 Å². The van der Waals surface area contributed by atoms with Gasteiger partial charge in [0.1, 0.15) is 5.65 Å². The summed E-state index contributed by atoms with van der Waals surface area (Å²) < 4.78 is 30.7. The first-order valence-corrected chi connectivity index (χ1v) is 12.5. The topological polar surface area (TPSA) is 70.5 Å². The molecule has 1 N–H and O–H groups in total. The van der Waals surface area contributed by atoms with Gasteiger partial charge in [0.25, 0.3) is 10.0 Å². The van der Waals surface area contributed by atoms with Crippen molar-refractivity contribution >= 4 is 32.4 Å². The van der Waals surface area contributed by atoms with Crippen LogP contribution in [-0.4, -0.2) is 56.1 Å². The Morgan fingerprint density at radius 1 is 0.879 bits per heavy atom. The van der Waals surface area contributed by atoms with Gasteiger partial charge in [0, 0.05) is 56.9 Å². The number of aryl methyl sites for hydroxylation is 1. The molecule has 0 unspecified atom stereocenters. The monoisotopic (exact) mass is 461 g/mol. The Bertz CT molecular complexity index is 1370. The van der Waals surface area contributed by atoms with Gasteiger partial charge in [-0.2, -0.15) is 0 Å². The minimum atomic E-state index is -3.72. The Morgan fingerprint density at radius 2 is 1.58 bits per heavy atom. The average molecular weight is 462 g/mol. The lowest BCUT2D eigenvalue weighted by molar-refractivity contribution is 0.313. The van der Waals surface area contributed by atoms with E-state index in [1.54, 1.807) is 42.6 Å².